The average Bonchev–Trinajstić information content (AvgIpc) is 2.74. The number of aromatic carboxylic acids is 1. The number of ether oxygens (including phenoxy) is 1. The van der Waals surface area contributed by atoms with Gasteiger partial charge in [0.2, 0.25) is 0 Å². The summed E-state index contributed by atoms with van der Waals surface area (Å²) in [5, 5.41) is 22.6. The predicted octanol–water partition coefficient (Wildman–Crippen LogP) is 7.27. The summed E-state index contributed by atoms with van der Waals surface area (Å²) in [7, 11) is 0. The Kier molecular flexibility index (Phi) is 7.86. The number of anilines is 1. The van der Waals surface area contributed by atoms with Gasteiger partial charge in [-0.3, -0.25) is 0 Å². The SMILES string of the molecule is CC(C)Cc1ccc(-c2c(Cl)cc(NC(C)Oc3ccc(C(=O)O)cc3)cc2Cl)cc1C#N. The number of nitrogens with zero attached hydrogens (tertiary/aromatic N) is 1. The van der Waals surface area contributed by atoms with Gasteiger partial charge in [0.1, 0.15) is 5.75 Å². The van der Waals surface area contributed by atoms with Crippen molar-refractivity contribution in [2.24, 2.45) is 5.92 Å². The van der Waals surface area contributed by atoms with Crippen LogP contribution in [0.4, 0.5) is 5.69 Å². The van der Waals surface area contributed by atoms with Gasteiger partial charge in [-0.1, -0.05) is 49.2 Å². The Balaban J connectivity index is 1.78. The van der Waals surface area contributed by atoms with Crippen molar-refractivity contribution in [3.8, 4) is 22.9 Å². The van der Waals surface area contributed by atoms with Gasteiger partial charge >= 0.3 is 5.97 Å². The number of hydrogen-bond donors (Lipinski definition) is 2. The fraction of sp³-hybridized carbons (Fsp3) is 0.231. The number of hydrogen-bond acceptors (Lipinski definition) is 4. The maximum atomic E-state index is 11.0. The lowest BCUT2D eigenvalue weighted by atomic mass is 9.94. The van der Waals surface area contributed by atoms with E-state index in [0.29, 0.717) is 38.5 Å². The Bertz CT molecular complexity index is 1180. The maximum absolute atomic E-state index is 11.0. The van der Waals surface area contributed by atoms with E-state index in [4.69, 9.17) is 33.0 Å². The van der Waals surface area contributed by atoms with Crippen molar-refractivity contribution in [1.82, 2.24) is 0 Å². The average molecular weight is 483 g/mol. The fourth-order valence-electron chi connectivity index (χ4n) is 3.53. The second kappa shape index (κ2) is 10.6. The highest BCUT2D eigenvalue weighted by atomic mass is 35.5. The summed E-state index contributed by atoms with van der Waals surface area (Å²) in [5.41, 5.74) is 3.92. The molecule has 0 spiro atoms. The van der Waals surface area contributed by atoms with Gasteiger partial charge in [0.05, 0.1) is 27.2 Å². The Hall–Kier alpha value is -3.20. The molecule has 170 valence electrons. The molecular formula is C26H24Cl2N2O3. The molecule has 0 aliphatic heterocycles. The first kappa shape index (κ1) is 24.4. The molecule has 0 radical (unpaired) electrons. The van der Waals surface area contributed by atoms with Gasteiger partial charge in [-0.25, -0.2) is 4.79 Å². The third-order valence-electron chi connectivity index (χ3n) is 4.97. The van der Waals surface area contributed by atoms with Gasteiger partial charge in [-0.05, 0) is 72.9 Å². The van der Waals surface area contributed by atoms with Crippen molar-refractivity contribution in [3.05, 3.63) is 81.3 Å². The zero-order valence-corrected chi connectivity index (χ0v) is 20.0. The van der Waals surface area contributed by atoms with Crippen LogP contribution in [0.5, 0.6) is 5.75 Å². The van der Waals surface area contributed by atoms with Crippen molar-refractivity contribution >= 4 is 34.9 Å². The molecular weight excluding hydrogens is 459 g/mol. The number of nitriles is 1. The highest BCUT2D eigenvalue weighted by Gasteiger charge is 2.15. The molecule has 2 N–H and O–H groups in total. The molecule has 0 bridgehead atoms. The largest absolute Gasteiger partial charge is 0.478 e. The van der Waals surface area contributed by atoms with E-state index in [0.717, 1.165) is 17.5 Å². The van der Waals surface area contributed by atoms with E-state index >= 15 is 0 Å². The lowest BCUT2D eigenvalue weighted by molar-refractivity contribution is 0.0697. The van der Waals surface area contributed by atoms with Crippen molar-refractivity contribution in [2.75, 3.05) is 5.32 Å². The molecule has 0 aromatic heterocycles. The minimum Gasteiger partial charge on any atom is -0.478 e. The number of carbonyl (C=O) groups is 1. The number of benzene rings is 3. The minimum atomic E-state index is -0.992. The monoisotopic (exact) mass is 482 g/mol. The van der Waals surface area contributed by atoms with Crippen LogP contribution in [0.1, 0.15) is 42.3 Å². The summed E-state index contributed by atoms with van der Waals surface area (Å²) >= 11 is 13.2. The van der Waals surface area contributed by atoms with Crippen molar-refractivity contribution in [3.63, 3.8) is 0 Å². The van der Waals surface area contributed by atoms with E-state index in [9.17, 15) is 10.1 Å². The first-order chi connectivity index (χ1) is 15.7. The molecule has 5 nitrogen and oxygen atoms in total. The van der Waals surface area contributed by atoms with Gasteiger partial charge in [0, 0.05) is 11.3 Å². The summed E-state index contributed by atoms with van der Waals surface area (Å²) in [6, 6.07) is 17.7. The predicted molar refractivity (Wildman–Crippen MR) is 132 cm³/mol. The van der Waals surface area contributed by atoms with E-state index < -0.39 is 12.2 Å². The Labute approximate surface area is 203 Å². The second-order valence-electron chi connectivity index (χ2n) is 8.13. The molecule has 33 heavy (non-hydrogen) atoms. The molecule has 0 fully saturated rings. The number of carboxylic acid groups (broad SMARTS) is 1. The molecule has 7 heteroatoms. The first-order valence-electron chi connectivity index (χ1n) is 10.5. The summed E-state index contributed by atoms with van der Waals surface area (Å²) in [6.07, 6.45) is 0.393. The topological polar surface area (TPSA) is 82.3 Å². The molecule has 0 heterocycles. The van der Waals surface area contributed by atoms with Crippen molar-refractivity contribution in [2.45, 2.75) is 33.4 Å². The Morgan fingerprint density at radius 1 is 1.06 bits per heavy atom. The molecule has 0 aliphatic rings. The highest BCUT2D eigenvalue weighted by molar-refractivity contribution is 6.39. The quantitative estimate of drug-likeness (QED) is 0.330. The van der Waals surface area contributed by atoms with Crippen LogP contribution in [0.25, 0.3) is 11.1 Å². The minimum absolute atomic E-state index is 0.189. The van der Waals surface area contributed by atoms with Gasteiger partial charge in [-0.2, -0.15) is 5.26 Å². The molecule has 1 unspecified atom stereocenters. The van der Waals surface area contributed by atoms with Crippen molar-refractivity contribution < 1.29 is 14.6 Å². The van der Waals surface area contributed by atoms with Gasteiger partial charge < -0.3 is 15.2 Å². The molecule has 0 saturated heterocycles. The van der Waals surface area contributed by atoms with Gasteiger partial charge in [0.25, 0.3) is 0 Å². The fourth-order valence-corrected chi connectivity index (χ4v) is 4.24. The third-order valence-corrected chi connectivity index (χ3v) is 5.57. The molecule has 3 aromatic rings. The number of carboxylic acids is 1. The highest BCUT2D eigenvalue weighted by Crippen LogP contribution is 2.38. The lowest BCUT2D eigenvalue weighted by Gasteiger charge is -2.19. The first-order valence-corrected chi connectivity index (χ1v) is 11.2. The summed E-state index contributed by atoms with van der Waals surface area (Å²) < 4.78 is 5.80. The van der Waals surface area contributed by atoms with Crippen LogP contribution in [0.15, 0.2) is 54.6 Å². The van der Waals surface area contributed by atoms with E-state index in [1.165, 1.54) is 12.1 Å². The van der Waals surface area contributed by atoms with E-state index in [1.54, 1.807) is 24.3 Å². The van der Waals surface area contributed by atoms with Crippen LogP contribution in [0.3, 0.4) is 0 Å². The molecule has 0 aliphatic carbocycles. The number of nitrogens with one attached hydrogen (secondary N) is 1. The normalized spacial score (nSPS) is 11.7. The van der Waals surface area contributed by atoms with Crippen LogP contribution in [-0.4, -0.2) is 17.3 Å². The smallest absolute Gasteiger partial charge is 0.335 e. The maximum Gasteiger partial charge on any atom is 0.335 e. The number of halogens is 2. The Morgan fingerprint density at radius 3 is 2.24 bits per heavy atom. The second-order valence-corrected chi connectivity index (χ2v) is 8.94. The van der Waals surface area contributed by atoms with E-state index in [2.05, 4.69) is 25.2 Å². The van der Waals surface area contributed by atoms with E-state index in [-0.39, 0.29) is 5.56 Å². The molecule has 3 aromatic carbocycles. The van der Waals surface area contributed by atoms with Crippen LogP contribution in [0, 0.1) is 17.2 Å². The van der Waals surface area contributed by atoms with Crippen molar-refractivity contribution in [1.29, 1.82) is 5.26 Å². The van der Waals surface area contributed by atoms with Crippen LogP contribution >= 0.6 is 23.2 Å². The van der Waals surface area contributed by atoms with E-state index in [1.807, 2.05) is 25.1 Å². The molecule has 3 rings (SSSR count). The zero-order valence-electron chi connectivity index (χ0n) is 18.5. The molecule has 0 saturated carbocycles. The standard InChI is InChI=1S/C26H24Cl2N2O3/c1-15(2)10-18-4-5-19(11-20(18)14-29)25-23(27)12-21(13-24(25)28)30-16(3)33-22-8-6-17(7-9-22)26(31)32/h4-9,11-13,15-16,30H,10H2,1-3H3,(H,31,32). The van der Waals surface area contributed by atoms with Crippen LogP contribution in [-0.2, 0) is 6.42 Å². The lowest BCUT2D eigenvalue weighted by Crippen LogP contribution is -2.22. The van der Waals surface area contributed by atoms with Crippen LogP contribution in [0.2, 0.25) is 10.0 Å². The number of rotatable bonds is 8. The summed E-state index contributed by atoms with van der Waals surface area (Å²) in [5.74, 6) is -0.0207. The zero-order chi connectivity index (χ0) is 24.1. The Morgan fingerprint density at radius 2 is 1.70 bits per heavy atom. The molecule has 1 atom stereocenters. The van der Waals surface area contributed by atoms with Gasteiger partial charge in [-0.15, -0.1) is 0 Å². The van der Waals surface area contributed by atoms with Crippen LogP contribution < -0.4 is 10.1 Å². The summed E-state index contributed by atoms with van der Waals surface area (Å²) in [4.78, 5) is 11.0. The third kappa shape index (κ3) is 6.19. The van der Waals surface area contributed by atoms with Gasteiger partial charge in [0.15, 0.2) is 6.23 Å². The summed E-state index contributed by atoms with van der Waals surface area (Å²) in [6.45, 7) is 6.04. The molecule has 0 amide bonds.